The molecule has 0 aliphatic carbocycles. The van der Waals surface area contributed by atoms with Crippen LogP contribution in [0.3, 0.4) is 0 Å². The molecule has 1 N–H and O–H groups in total. The van der Waals surface area contributed by atoms with Gasteiger partial charge in [-0.05, 0) is 17.2 Å². The van der Waals surface area contributed by atoms with Crippen LogP contribution in [0.1, 0.15) is 20.7 Å². The lowest BCUT2D eigenvalue weighted by Crippen LogP contribution is -2.02. The number of hydrogen-bond acceptors (Lipinski definition) is 4. The molecule has 2 aromatic carbocycles. The van der Waals surface area contributed by atoms with E-state index in [-0.39, 0.29) is 5.56 Å². The summed E-state index contributed by atoms with van der Waals surface area (Å²) >= 11 is 0. The van der Waals surface area contributed by atoms with Crippen molar-refractivity contribution in [3.63, 3.8) is 0 Å². The molecule has 0 radical (unpaired) electrons. The van der Waals surface area contributed by atoms with E-state index in [0.29, 0.717) is 23.0 Å². The van der Waals surface area contributed by atoms with Crippen LogP contribution in [0.4, 0.5) is 5.69 Å². The zero-order valence-corrected chi connectivity index (χ0v) is 10.1. The average Bonchev–Trinajstić information content (AvgIpc) is 2.46. The number of nitro groups is 1. The minimum atomic E-state index is -1.35. The van der Waals surface area contributed by atoms with E-state index in [1.54, 1.807) is 24.3 Å². The number of nitrogens with zero attached hydrogens (tertiary/aromatic N) is 1. The third kappa shape index (κ3) is 2.54. The number of carboxylic acids is 1. The van der Waals surface area contributed by atoms with E-state index in [1.807, 2.05) is 0 Å². The summed E-state index contributed by atoms with van der Waals surface area (Å²) in [6, 6.07) is 10.3. The van der Waals surface area contributed by atoms with E-state index in [1.165, 1.54) is 18.2 Å². The molecule has 0 aromatic heterocycles. The molecule has 0 amide bonds. The minimum absolute atomic E-state index is 0.358. The Morgan fingerprint density at radius 3 is 2.20 bits per heavy atom. The number of rotatable bonds is 4. The van der Waals surface area contributed by atoms with Gasteiger partial charge in [0.1, 0.15) is 11.8 Å². The second-order valence-corrected chi connectivity index (χ2v) is 4.03. The first-order valence-corrected chi connectivity index (χ1v) is 5.60. The lowest BCUT2D eigenvalue weighted by Gasteiger charge is -2.04. The third-order valence-electron chi connectivity index (χ3n) is 2.80. The minimum Gasteiger partial charge on any atom is -0.477 e. The molecule has 0 saturated heterocycles. The molecule has 0 unspecified atom stereocenters. The van der Waals surface area contributed by atoms with Gasteiger partial charge in [-0.2, -0.15) is 0 Å². The molecule has 2 rings (SSSR count). The number of carbonyl (C=O) groups is 2. The Morgan fingerprint density at radius 1 is 1.10 bits per heavy atom. The summed E-state index contributed by atoms with van der Waals surface area (Å²) < 4.78 is 0. The summed E-state index contributed by atoms with van der Waals surface area (Å²) in [4.78, 5) is 31.7. The maximum atomic E-state index is 10.9. The summed E-state index contributed by atoms with van der Waals surface area (Å²) in [6.07, 6.45) is 0.694. The van der Waals surface area contributed by atoms with E-state index in [2.05, 4.69) is 0 Å². The Kier molecular flexibility index (Phi) is 3.56. The Morgan fingerprint density at radius 2 is 1.70 bits per heavy atom. The predicted molar refractivity (Wildman–Crippen MR) is 70.9 cm³/mol. The smallest absolute Gasteiger partial charge is 0.342 e. The van der Waals surface area contributed by atoms with Crippen LogP contribution >= 0.6 is 0 Å². The first-order chi connectivity index (χ1) is 9.52. The molecule has 0 atom stereocenters. The molecular weight excluding hydrogens is 262 g/mol. The van der Waals surface area contributed by atoms with Crippen LogP contribution in [-0.2, 0) is 0 Å². The number of nitro benzene ring substituents is 1. The lowest BCUT2D eigenvalue weighted by atomic mass is 10.0. The van der Waals surface area contributed by atoms with Crippen molar-refractivity contribution in [2.45, 2.75) is 0 Å². The van der Waals surface area contributed by atoms with Crippen LogP contribution in [0, 0.1) is 10.1 Å². The fourth-order valence-electron chi connectivity index (χ4n) is 1.80. The number of carboxylic acid groups (broad SMARTS) is 1. The van der Waals surface area contributed by atoms with Gasteiger partial charge in [0.25, 0.3) is 5.69 Å². The molecular formula is C14H9NO5. The first-order valence-electron chi connectivity index (χ1n) is 5.60. The molecule has 100 valence electrons. The van der Waals surface area contributed by atoms with Crippen molar-refractivity contribution in [3.05, 3.63) is 63.7 Å². The maximum absolute atomic E-state index is 10.9. The molecule has 0 saturated carbocycles. The highest BCUT2D eigenvalue weighted by Gasteiger charge is 2.20. The van der Waals surface area contributed by atoms with Gasteiger partial charge < -0.3 is 5.11 Å². The van der Waals surface area contributed by atoms with Gasteiger partial charge in [-0.25, -0.2) is 4.79 Å². The number of aromatic carboxylic acids is 1. The highest BCUT2D eigenvalue weighted by atomic mass is 16.6. The highest BCUT2D eigenvalue weighted by molar-refractivity contribution is 5.93. The molecule has 0 aliphatic rings. The van der Waals surface area contributed by atoms with Crippen molar-refractivity contribution >= 4 is 17.9 Å². The van der Waals surface area contributed by atoms with Gasteiger partial charge in [0.15, 0.2) is 0 Å². The van der Waals surface area contributed by atoms with Crippen molar-refractivity contribution in [2.24, 2.45) is 0 Å². The number of carbonyl (C=O) groups excluding carboxylic acids is 1. The van der Waals surface area contributed by atoms with Crippen LogP contribution in [-0.4, -0.2) is 22.3 Å². The predicted octanol–water partition coefficient (Wildman–Crippen LogP) is 2.77. The fourth-order valence-corrected chi connectivity index (χ4v) is 1.80. The van der Waals surface area contributed by atoms with Crippen molar-refractivity contribution in [3.8, 4) is 11.1 Å². The zero-order valence-electron chi connectivity index (χ0n) is 10.1. The fraction of sp³-hybridized carbons (Fsp3) is 0. The van der Waals surface area contributed by atoms with Crippen molar-refractivity contribution in [1.29, 1.82) is 0 Å². The summed E-state index contributed by atoms with van der Waals surface area (Å²) in [5.74, 6) is -1.35. The van der Waals surface area contributed by atoms with Crippen molar-refractivity contribution < 1.29 is 19.6 Å². The second kappa shape index (κ2) is 5.31. The van der Waals surface area contributed by atoms with Crippen LogP contribution < -0.4 is 0 Å². The molecule has 2 aromatic rings. The van der Waals surface area contributed by atoms with Crippen molar-refractivity contribution in [1.82, 2.24) is 0 Å². The summed E-state index contributed by atoms with van der Waals surface area (Å²) in [6.45, 7) is 0. The van der Waals surface area contributed by atoms with E-state index in [9.17, 15) is 19.7 Å². The molecule has 20 heavy (non-hydrogen) atoms. The van der Waals surface area contributed by atoms with Crippen LogP contribution in [0.15, 0.2) is 42.5 Å². The zero-order chi connectivity index (χ0) is 14.7. The monoisotopic (exact) mass is 271 g/mol. The normalized spacial score (nSPS) is 10.0. The Balaban J connectivity index is 2.52. The van der Waals surface area contributed by atoms with E-state index in [4.69, 9.17) is 5.11 Å². The third-order valence-corrected chi connectivity index (χ3v) is 2.80. The highest BCUT2D eigenvalue weighted by Crippen LogP contribution is 2.27. The van der Waals surface area contributed by atoms with Gasteiger partial charge in [0.05, 0.1) is 4.92 Å². The maximum Gasteiger partial charge on any atom is 0.342 e. The largest absolute Gasteiger partial charge is 0.477 e. The van der Waals surface area contributed by atoms with Crippen LogP contribution in [0.25, 0.3) is 11.1 Å². The quantitative estimate of drug-likeness (QED) is 0.523. The van der Waals surface area contributed by atoms with Crippen LogP contribution in [0.5, 0.6) is 0 Å². The Labute approximate surface area is 113 Å². The van der Waals surface area contributed by atoms with Gasteiger partial charge in [0.2, 0.25) is 0 Å². The first kappa shape index (κ1) is 13.4. The number of hydrogen-bond donors (Lipinski definition) is 1. The molecule has 0 heterocycles. The summed E-state index contributed by atoms with van der Waals surface area (Å²) in [5.41, 5.74) is 0.845. The van der Waals surface area contributed by atoms with E-state index in [0.717, 1.165) is 0 Å². The standard InChI is InChI=1S/C14H9NO5/c16-8-9-1-3-10(4-2-9)11-5-6-12(14(17)18)13(7-11)15(19)20/h1-8H,(H,17,18). The van der Waals surface area contributed by atoms with Gasteiger partial charge >= 0.3 is 5.97 Å². The molecule has 0 fully saturated rings. The molecule has 0 spiro atoms. The molecule has 0 bridgehead atoms. The van der Waals surface area contributed by atoms with Gasteiger partial charge in [-0.1, -0.05) is 30.3 Å². The van der Waals surface area contributed by atoms with Gasteiger partial charge in [-0.3, -0.25) is 14.9 Å². The van der Waals surface area contributed by atoms with Gasteiger partial charge in [0, 0.05) is 11.6 Å². The second-order valence-electron chi connectivity index (χ2n) is 4.03. The SMILES string of the molecule is O=Cc1ccc(-c2ccc(C(=O)O)c([N+](=O)[O-])c2)cc1. The average molecular weight is 271 g/mol. The number of aldehydes is 1. The summed E-state index contributed by atoms with van der Waals surface area (Å²) in [5, 5.41) is 19.8. The molecule has 6 heteroatoms. The lowest BCUT2D eigenvalue weighted by molar-refractivity contribution is -0.385. The topological polar surface area (TPSA) is 97.5 Å². The Hall–Kier alpha value is -3.02. The molecule has 6 nitrogen and oxygen atoms in total. The number of benzene rings is 2. The Bertz CT molecular complexity index is 691. The summed E-state index contributed by atoms with van der Waals surface area (Å²) in [7, 11) is 0. The van der Waals surface area contributed by atoms with E-state index < -0.39 is 16.6 Å². The van der Waals surface area contributed by atoms with Crippen molar-refractivity contribution in [2.75, 3.05) is 0 Å². The van der Waals surface area contributed by atoms with Gasteiger partial charge in [-0.15, -0.1) is 0 Å². The van der Waals surface area contributed by atoms with Crippen LogP contribution in [0.2, 0.25) is 0 Å². The van der Waals surface area contributed by atoms with E-state index >= 15 is 0 Å². The molecule has 0 aliphatic heterocycles.